The number of carbonyl (C=O) groups excluding carboxylic acids is 3. The molecular weight excluding hydrogens is 338 g/mol. The van der Waals surface area contributed by atoms with E-state index in [9.17, 15) is 14.4 Å². The van der Waals surface area contributed by atoms with E-state index in [0.29, 0.717) is 6.54 Å². The Morgan fingerprint density at radius 1 is 1.24 bits per heavy atom. The molecule has 25 heavy (non-hydrogen) atoms. The molecule has 1 heterocycles. The maximum absolute atomic E-state index is 12.0. The number of allylic oxidation sites excluding steroid dienone is 1. The van der Waals surface area contributed by atoms with Crippen LogP contribution in [0.5, 0.6) is 0 Å². The zero-order valence-electron chi connectivity index (χ0n) is 15.4. The van der Waals surface area contributed by atoms with Crippen molar-refractivity contribution in [1.82, 2.24) is 5.32 Å². The predicted molar refractivity (Wildman–Crippen MR) is 101 cm³/mol. The Balaban J connectivity index is 2.24. The molecule has 0 radical (unpaired) electrons. The number of ketones is 1. The Morgan fingerprint density at radius 2 is 1.92 bits per heavy atom. The Morgan fingerprint density at radius 3 is 2.60 bits per heavy atom. The molecule has 0 bridgehead atoms. The standard InChI is InChI=1S/C19H29NO4S/c1-4-5-6-7-8-9-11-20-17(22)10-12-25-18(23)16-13-15(21)14-19(2,3)24-16/h10,12-13H,4-9,11,14H2,1-3H3,(H,20,22). The van der Waals surface area contributed by atoms with Crippen LogP contribution in [0.3, 0.4) is 0 Å². The fraction of sp³-hybridized carbons (Fsp3) is 0.632. The number of rotatable bonds is 10. The number of amides is 1. The quantitative estimate of drug-likeness (QED) is 0.468. The zero-order chi connectivity index (χ0) is 18.7. The highest BCUT2D eigenvalue weighted by Crippen LogP contribution is 2.27. The van der Waals surface area contributed by atoms with Crippen molar-refractivity contribution in [2.24, 2.45) is 0 Å². The van der Waals surface area contributed by atoms with Gasteiger partial charge in [0.05, 0.1) is 0 Å². The summed E-state index contributed by atoms with van der Waals surface area (Å²) < 4.78 is 5.52. The fourth-order valence-electron chi connectivity index (χ4n) is 2.47. The molecule has 1 rings (SSSR count). The van der Waals surface area contributed by atoms with Gasteiger partial charge >= 0.3 is 0 Å². The zero-order valence-corrected chi connectivity index (χ0v) is 16.2. The van der Waals surface area contributed by atoms with E-state index in [0.717, 1.165) is 24.6 Å². The SMILES string of the molecule is CCCCCCCCNC(=O)C=CSC(=O)C1=CC(=O)CC(C)(C)O1. The topological polar surface area (TPSA) is 72.5 Å². The maximum atomic E-state index is 12.0. The molecule has 140 valence electrons. The Bertz CT molecular complexity index is 538. The van der Waals surface area contributed by atoms with Gasteiger partial charge in [0, 0.05) is 25.1 Å². The molecule has 0 saturated carbocycles. The minimum absolute atomic E-state index is 0.0448. The molecule has 0 fully saturated rings. The molecule has 0 saturated heterocycles. The van der Waals surface area contributed by atoms with Crippen LogP contribution in [-0.4, -0.2) is 29.0 Å². The number of unbranched alkanes of at least 4 members (excludes halogenated alkanes) is 5. The van der Waals surface area contributed by atoms with Gasteiger partial charge in [0.2, 0.25) is 5.91 Å². The average molecular weight is 368 g/mol. The average Bonchev–Trinajstić information content (AvgIpc) is 2.52. The van der Waals surface area contributed by atoms with Crippen molar-refractivity contribution in [2.45, 2.75) is 71.3 Å². The molecule has 6 heteroatoms. The number of hydrogen-bond acceptors (Lipinski definition) is 5. The van der Waals surface area contributed by atoms with Crippen molar-refractivity contribution < 1.29 is 19.1 Å². The highest BCUT2D eigenvalue weighted by Gasteiger charge is 2.31. The van der Waals surface area contributed by atoms with Crippen molar-refractivity contribution in [3.8, 4) is 0 Å². The van der Waals surface area contributed by atoms with Crippen LogP contribution in [0.25, 0.3) is 0 Å². The van der Waals surface area contributed by atoms with Crippen LogP contribution in [-0.2, 0) is 19.1 Å². The first-order chi connectivity index (χ1) is 11.8. The van der Waals surface area contributed by atoms with Gasteiger partial charge in [-0.3, -0.25) is 14.4 Å². The number of nitrogens with one attached hydrogen (secondary N) is 1. The number of carbonyl (C=O) groups is 3. The molecule has 0 aromatic heterocycles. The summed E-state index contributed by atoms with van der Waals surface area (Å²) in [5.74, 6) is -0.298. The van der Waals surface area contributed by atoms with E-state index in [2.05, 4.69) is 12.2 Å². The molecule has 0 aliphatic carbocycles. The van der Waals surface area contributed by atoms with Gasteiger partial charge in [-0.1, -0.05) is 50.8 Å². The van der Waals surface area contributed by atoms with Gasteiger partial charge in [-0.25, -0.2) is 0 Å². The van der Waals surface area contributed by atoms with Crippen LogP contribution >= 0.6 is 11.8 Å². The molecule has 0 unspecified atom stereocenters. The first kappa shape index (κ1) is 21.5. The number of ether oxygens (including phenoxy) is 1. The van der Waals surface area contributed by atoms with Gasteiger partial charge in [0.1, 0.15) is 5.60 Å². The van der Waals surface area contributed by atoms with E-state index in [1.165, 1.54) is 43.2 Å². The van der Waals surface area contributed by atoms with Gasteiger partial charge in [-0.2, -0.15) is 0 Å². The minimum atomic E-state index is -0.671. The van der Waals surface area contributed by atoms with Crippen molar-refractivity contribution in [1.29, 1.82) is 0 Å². The summed E-state index contributed by atoms with van der Waals surface area (Å²) >= 11 is 0.841. The lowest BCUT2D eigenvalue weighted by Crippen LogP contribution is -2.32. The summed E-state index contributed by atoms with van der Waals surface area (Å²) in [6.45, 7) is 6.36. The van der Waals surface area contributed by atoms with E-state index in [1.54, 1.807) is 13.8 Å². The monoisotopic (exact) mass is 367 g/mol. The molecule has 0 aromatic rings. The van der Waals surface area contributed by atoms with Crippen LogP contribution in [0, 0.1) is 0 Å². The predicted octanol–water partition coefficient (Wildman–Crippen LogP) is 3.89. The largest absolute Gasteiger partial charge is 0.483 e. The van der Waals surface area contributed by atoms with Crippen LogP contribution in [0.1, 0.15) is 65.7 Å². The summed E-state index contributed by atoms with van der Waals surface area (Å²) in [6.07, 6.45) is 9.84. The molecule has 0 aromatic carbocycles. The number of thioether (sulfide) groups is 1. The van der Waals surface area contributed by atoms with E-state index in [4.69, 9.17) is 4.74 Å². The molecule has 5 nitrogen and oxygen atoms in total. The van der Waals surface area contributed by atoms with Gasteiger partial charge in [0.25, 0.3) is 5.12 Å². The lowest BCUT2D eigenvalue weighted by Gasteiger charge is -2.29. The third-order valence-electron chi connectivity index (χ3n) is 3.70. The molecule has 0 atom stereocenters. The van der Waals surface area contributed by atoms with Crippen molar-refractivity contribution in [3.05, 3.63) is 23.3 Å². The van der Waals surface area contributed by atoms with Gasteiger partial charge < -0.3 is 10.1 Å². The van der Waals surface area contributed by atoms with Gasteiger partial charge in [0.15, 0.2) is 11.5 Å². The van der Waals surface area contributed by atoms with Crippen LogP contribution in [0.4, 0.5) is 0 Å². The van der Waals surface area contributed by atoms with Crippen LogP contribution in [0.15, 0.2) is 23.3 Å². The lowest BCUT2D eigenvalue weighted by atomic mass is 9.99. The van der Waals surface area contributed by atoms with Crippen LogP contribution < -0.4 is 5.32 Å². The Labute approximate surface area is 154 Å². The van der Waals surface area contributed by atoms with Gasteiger partial charge in [-0.05, 0) is 25.7 Å². The summed E-state index contributed by atoms with van der Waals surface area (Å²) in [7, 11) is 0. The fourth-order valence-corrected chi connectivity index (χ4v) is 3.00. The van der Waals surface area contributed by atoms with Crippen molar-refractivity contribution in [3.63, 3.8) is 0 Å². The third-order valence-corrected chi connectivity index (χ3v) is 4.39. The molecule has 1 aliphatic heterocycles. The summed E-state index contributed by atoms with van der Waals surface area (Å²) in [5.41, 5.74) is -0.671. The lowest BCUT2D eigenvalue weighted by molar-refractivity contribution is -0.126. The third kappa shape index (κ3) is 9.48. The highest BCUT2D eigenvalue weighted by molar-refractivity contribution is 8.16. The maximum Gasteiger partial charge on any atom is 0.258 e. The summed E-state index contributed by atoms with van der Waals surface area (Å²) in [4.78, 5) is 35.3. The summed E-state index contributed by atoms with van der Waals surface area (Å²) in [5, 5.41) is 3.85. The van der Waals surface area contributed by atoms with Gasteiger partial charge in [-0.15, -0.1) is 0 Å². The number of hydrogen-bond donors (Lipinski definition) is 1. The van der Waals surface area contributed by atoms with E-state index in [1.807, 2.05) is 0 Å². The first-order valence-corrected chi connectivity index (χ1v) is 9.81. The second-order valence-electron chi connectivity index (χ2n) is 6.78. The second kappa shape index (κ2) is 11.1. The van der Waals surface area contributed by atoms with E-state index in [-0.39, 0.29) is 29.0 Å². The van der Waals surface area contributed by atoms with E-state index < -0.39 is 5.60 Å². The second-order valence-corrected chi connectivity index (χ2v) is 7.66. The van der Waals surface area contributed by atoms with E-state index >= 15 is 0 Å². The Kier molecular flexibility index (Phi) is 9.57. The summed E-state index contributed by atoms with van der Waals surface area (Å²) in [6, 6.07) is 0. The smallest absolute Gasteiger partial charge is 0.258 e. The molecule has 1 amide bonds. The molecular formula is C19H29NO4S. The molecule has 1 aliphatic rings. The van der Waals surface area contributed by atoms with Crippen molar-refractivity contribution >= 4 is 28.6 Å². The van der Waals surface area contributed by atoms with Crippen LogP contribution in [0.2, 0.25) is 0 Å². The first-order valence-electron chi connectivity index (χ1n) is 8.93. The minimum Gasteiger partial charge on any atom is -0.483 e. The van der Waals surface area contributed by atoms with Crippen molar-refractivity contribution in [2.75, 3.05) is 6.54 Å². The normalized spacial score (nSPS) is 16.4. The Hall–Kier alpha value is -1.56. The molecule has 0 spiro atoms. The molecule has 1 N–H and O–H groups in total. The highest BCUT2D eigenvalue weighted by atomic mass is 32.2.